The Morgan fingerprint density at radius 2 is 1.96 bits per heavy atom. The monoisotopic (exact) mass is 316 g/mol. The quantitative estimate of drug-likeness (QED) is 0.748. The smallest absolute Gasteiger partial charge is 0.295 e. The molecule has 0 bridgehead atoms. The fourth-order valence-electron chi connectivity index (χ4n) is 2.42. The molecule has 3 heterocycles. The van der Waals surface area contributed by atoms with E-state index in [9.17, 15) is 9.59 Å². The highest BCUT2D eigenvalue weighted by atomic mass is 16.4. The van der Waals surface area contributed by atoms with Gasteiger partial charge in [-0.3, -0.25) is 20.0 Å². The lowest BCUT2D eigenvalue weighted by Gasteiger charge is -2.00. The Balaban J connectivity index is 1.98. The molecule has 0 radical (unpaired) electrons. The van der Waals surface area contributed by atoms with Crippen molar-refractivity contribution in [2.75, 3.05) is 5.32 Å². The second kappa shape index (κ2) is 5.34. The van der Waals surface area contributed by atoms with Crippen molar-refractivity contribution in [3.8, 4) is 0 Å². The molecule has 23 heavy (non-hydrogen) atoms. The van der Waals surface area contributed by atoms with Crippen molar-refractivity contribution in [1.29, 1.82) is 0 Å². The van der Waals surface area contributed by atoms with Gasteiger partial charge in [-0.2, -0.15) is 9.50 Å². The van der Waals surface area contributed by atoms with E-state index in [0.29, 0.717) is 29.3 Å². The highest BCUT2D eigenvalue weighted by Gasteiger charge is 2.18. The number of fused-ring (bicyclic) bond motifs is 1. The summed E-state index contributed by atoms with van der Waals surface area (Å²) in [6, 6.07) is 0. The van der Waals surface area contributed by atoms with Gasteiger partial charge in [0.15, 0.2) is 5.89 Å². The van der Waals surface area contributed by atoms with Gasteiger partial charge in [-0.1, -0.05) is 6.92 Å². The van der Waals surface area contributed by atoms with E-state index in [1.807, 2.05) is 6.92 Å². The van der Waals surface area contributed by atoms with Crippen LogP contribution < -0.4 is 10.9 Å². The third-order valence-electron chi connectivity index (χ3n) is 3.49. The maximum Gasteiger partial charge on any atom is 0.295 e. The fourth-order valence-corrected chi connectivity index (χ4v) is 2.42. The third kappa shape index (κ3) is 2.50. The Labute approximate surface area is 130 Å². The van der Waals surface area contributed by atoms with E-state index in [4.69, 9.17) is 4.42 Å². The molecule has 0 saturated heterocycles. The van der Waals surface area contributed by atoms with Crippen molar-refractivity contribution < 1.29 is 9.21 Å². The van der Waals surface area contributed by atoms with Gasteiger partial charge in [-0.25, -0.2) is 9.97 Å². The van der Waals surface area contributed by atoms with Crippen molar-refractivity contribution in [2.24, 2.45) is 0 Å². The number of hydrogen-bond donors (Lipinski definition) is 2. The molecule has 2 N–H and O–H groups in total. The molecular formula is C14H16N6O3. The molecule has 120 valence electrons. The summed E-state index contributed by atoms with van der Waals surface area (Å²) in [5, 5.41) is 5.28. The van der Waals surface area contributed by atoms with Crippen molar-refractivity contribution in [3.05, 3.63) is 39.0 Å². The molecule has 0 aromatic carbocycles. The summed E-state index contributed by atoms with van der Waals surface area (Å²) < 4.78 is 6.46. The number of aromatic amines is 1. The minimum Gasteiger partial charge on any atom is -0.436 e. The Bertz CT molecular complexity index is 965. The normalized spacial score (nSPS) is 11.1. The topological polar surface area (TPSA) is 118 Å². The zero-order valence-corrected chi connectivity index (χ0v) is 13.2. The van der Waals surface area contributed by atoms with E-state index in [1.165, 1.54) is 4.52 Å². The Morgan fingerprint density at radius 1 is 1.22 bits per heavy atom. The molecule has 3 aromatic rings. The van der Waals surface area contributed by atoms with Crippen LogP contribution in [0.25, 0.3) is 5.78 Å². The highest BCUT2D eigenvalue weighted by molar-refractivity contribution is 6.01. The highest BCUT2D eigenvalue weighted by Crippen LogP contribution is 2.12. The first-order chi connectivity index (χ1) is 10.9. The van der Waals surface area contributed by atoms with Gasteiger partial charge < -0.3 is 4.42 Å². The molecule has 0 aliphatic heterocycles. The maximum atomic E-state index is 12.3. The summed E-state index contributed by atoms with van der Waals surface area (Å²) in [5.41, 5.74) is 1.49. The van der Waals surface area contributed by atoms with Crippen LogP contribution in [0.3, 0.4) is 0 Å². The molecule has 9 nitrogen and oxygen atoms in total. The molecule has 1 amide bonds. The zero-order chi connectivity index (χ0) is 16.7. The van der Waals surface area contributed by atoms with Crippen LogP contribution in [0.2, 0.25) is 0 Å². The SMILES string of the molecule is CCc1c(C)nc2nc(NC(=O)c3oc(C)nc3C)[nH]n2c1=O. The molecule has 0 atom stereocenters. The van der Waals surface area contributed by atoms with Gasteiger partial charge in [0.25, 0.3) is 17.2 Å². The first-order valence-electron chi connectivity index (χ1n) is 7.14. The minimum atomic E-state index is -0.498. The van der Waals surface area contributed by atoms with Gasteiger partial charge in [0.1, 0.15) is 0 Å². The van der Waals surface area contributed by atoms with Crippen LogP contribution >= 0.6 is 0 Å². The van der Waals surface area contributed by atoms with E-state index in [1.54, 1.807) is 20.8 Å². The standard InChI is InChI=1S/C14H16N6O3/c1-5-9-6(2)16-14-18-13(19-20(14)12(9)22)17-11(21)10-7(3)15-8(4)23-10/h5H2,1-4H3,(H2,16,17,18,19,21). The number of rotatable bonds is 3. The number of hydrogen-bond acceptors (Lipinski definition) is 6. The molecule has 0 fully saturated rings. The Morgan fingerprint density at radius 3 is 2.57 bits per heavy atom. The number of amides is 1. The van der Waals surface area contributed by atoms with Crippen molar-refractivity contribution in [1.82, 2.24) is 24.6 Å². The molecule has 0 spiro atoms. The average Bonchev–Trinajstić information content (AvgIpc) is 3.02. The first kappa shape index (κ1) is 14.9. The van der Waals surface area contributed by atoms with Crippen LogP contribution in [-0.2, 0) is 6.42 Å². The van der Waals surface area contributed by atoms with Gasteiger partial charge in [-0.05, 0) is 20.3 Å². The molecule has 0 aliphatic rings. The molecule has 3 rings (SSSR count). The second-order valence-corrected chi connectivity index (χ2v) is 5.14. The number of nitrogens with one attached hydrogen (secondary N) is 2. The molecule has 0 aliphatic carbocycles. The van der Waals surface area contributed by atoms with E-state index in [-0.39, 0.29) is 23.0 Å². The summed E-state index contributed by atoms with van der Waals surface area (Å²) in [6.45, 7) is 6.97. The van der Waals surface area contributed by atoms with Crippen molar-refractivity contribution in [2.45, 2.75) is 34.1 Å². The van der Waals surface area contributed by atoms with Gasteiger partial charge in [0.2, 0.25) is 11.7 Å². The van der Waals surface area contributed by atoms with E-state index in [0.717, 1.165) is 0 Å². The summed E-state index contributed by atoms with van der Waals surface area (Å²) in [4.78, 5) is 36.9. The van der Waals surface area contributed by atoms with E-state index >= 15 is 0 Å². The van der Waals surface area contributed by atoms with E-state index < -0.39 is 5.91 Å². The van der Waals surface area contributed by atoms with E-state index in [2.05, 4.69) is 25.4 Å². The molecular weight excluding hydrogens is 300 g/mol. The Hall–Kier alpha value is -2.97. The first-order valence-corrected chi connectivity index (χ1v) is 7.14. The molecule has 0 saturated carbocycles. The third-order valence-corrected chi connectivity index (χ3v) is 3.49. The lowest BCUT2D eigenvalue weighted by molar-refractivity contribution is 0.0993. The average molecular weight is 316 g/mol. The van der Waals surface area contributed by atoms with Gasteiger partial charge >= 0.3 is 0 Å². The van der Waals surface area contributed by atoms with Crippen LogP contribution in [0.5, 0.6) is 0 Å². The number of carbonyl (C=O) groups excluding carboxylic acids is 1. The zero-order valence-electron chi connectivity index (χ0n) is 13.2. The van der Waals surface area contributed by atoms with Gasteiger partial charge in [0, 0.05) is 12.5 Å². The maximum absolute atomic E-state index is 12.3. The number of anilines is 1. The predicted octanol–water partition coefficient (Wildman–Crippen LogP) is 1.15. The summed E-state index contributed by atoms with van der Waals surface area (Å²) in [7, 11) is 0. The van der Waals surface area contributed by atoms with Crippen molar-refractivity contribution >= 4 is 17.6 Å². The fraction of sp³-hybridized carbons (Fsp3) is 0.357. The second-order valence-electron chi connectivity index (χ2n) is 5.14. The largest absolute Gasteiger partial charge is 0.436 e. The minimum absolute atomic E-state index is 0.105. The molecule has 3 aromatic heterocycles. The number of aryl methyl sites for hydroxylation is 3. The van der Waals surface area contributed by atoms with Crippen LogP contribution in [0.4, 0.5) is 5.95 Å². The summed E-state index contributed by atoms with van der Waals surface area (Å²) >= 11 is 0. The Kier molecular flexibility index (Phi) is 3.47. The number of nitrogens with zero attached hydrogens (tertiary/aromatic N) is 4. The van der Waals surface area contributed by atoms with Crippen LogP contribution in [0.1, 0.15) is 40.3 Å². The summed E-state index contributed by atoms with van der Waals surface area (Å²) in [5.74, 6) is 0.320. The predicted molar refractivity (Wildman–Crippen MR) is 81.7 cm³/mol. The summed E-state index contributed by atoms with van der Waals surface area (Å²) in [6.07, 6.45) is 0.567. The number of carbonyl (C=O) groups is 1. The van der Waals surface area contributed by atoms with Crippen molar-refractivity contribution in [3.63, 3.8) is 0 Å². The number of aromatic nitrogens is 5. The lowest BCUT2D eigenvalue weighted by atomic mass is 10.2. The molecule has 0 unspecified atom stereocenters. The van der Waals surface area contributed by atoms with Crippen LogP contribution in [0.15, 0.2) is 9.21 Å². The van der Waals surface area contributed by atoms with Crippen LogP contribution in [-0.4, -0.2) is 30.5 Å². The lowest BCUT2D eigenvalue weighted by Crippen LogP contribution is -2.21. The number of H-pyrrole nitrogens is 1. The van der Waals surface area contributed by atoms with Gasteiger partial charge in [0.05, 0.1) is 11.4 Å². The molecule has 9 heteroatoms. The van der Waals surface area contributed by atoms with Crippen LogP contribution in [0, 0.1) is 20.8 Å². The van der Waals surface area contributed by atoms with Gasteiger partial charge in [-0.15, -0.1) is 0 Å². The number of oxazole rings is 1.